The molecule has 1 aliphatic carbocycles. The molecule has 0 unspecified atom stereocenters. The van der Waals surface area contributed by atoms with E-state index >= 15 is 0 Å². The molecule has 0 aromatic carbocycles. The first-order valence-corrected chi connectivity index (χ1v) is 8.31. The van der Waals surface area contributed by atoms with Crippen molar-refractivity contribution in [3.63, 3.8) is 0 Å². The molecule has 24 heavy (non-hydrogen) atoms. The molecule has 1 amide bonds. The van der Waals surface area contributed by atoms with Crippen LogP contribution in [-0.4, -0.2) is 42.9 Å². The predicted octanol–water partition coefficient (Wildman–Crippen LogP) is 2.42. The molecule has 4 heterocycles. The predicted molar refractivity (Wildman–Crippen MR) is 89.6 cm³/mol. The normalized spacial score (nSPS) is 17.4. The summed E-state index contributed by atoms with van der Waals surface area (Å²) in [6, 6.07) is 4.37. The highest BCUT2D eigenvalue weighted by atomic mass is 16.2. The smallest absolute Gasteiger partial charge is 0.271 e. The maximum absolute atomic E-state index is 13.2. The highest BCUT2D eigenvalue weighted by Gasteiger charge is 2.39. The van der Waals surface area contributed by atoms with E-state index in [0.29, 0.717) is 6.04 Å². The highest BCUT2D eigenvalue weighted by Crippen LogP contribution is 2.38. The van der Waals surface area contributed by atoms with Gasteiger partial charge in [0.25, 0.3) is 5.91 Å². The molecular weight excluding hydrogens is 302 g/mol. The van der Waals surface area contributed by atoms with E-state index < -0.39 is 0 Å². The van der Waals surface area contributed by atoms with E-state index in [1.54, 1.807) is 18.6 Å². The Morgan fingerprint density at radius 1 is 1.12 bits per heavy atom. The molecular formula is C18H17N5O. The van der Waals surface area contributed by atoms with Crippen LogP contribution in [0.3, 0.4) is 0 Å². The van der Waals surface area contributed by atoms with E-state index in [2.05, 4.69) is 19.5 Å². The molecule has 3 aromatic rings. The minimum absolute atomic E-state index is 0.109. The first-order chi connectivity index (χ1) is 11.7. The lowest BCUT2D eigenvalue weighted by Crippen LogP contribution is -2.41. The van der Waals surface area contributed by atoms with Crippen molar-refractivity contribution in [3.8, 4) is 11.1 Å². The summed E-state index contributed by atoms with van der Waals surface area (Å²) in [5.74, 6) is 0.826. The molecule has 0 N–H and O–H groups in total. The zero-order valence-corrected chi connectivity index (χ0v) is 13.4. The molecule has 0 radical (unpaired) electrons. The Labute approximate surface area is 139 Å². The van der Waals surface area contributed by atoms with Crippen LogP contribution in [0.2, 0.25) is 0 Å². The van der Waals surface area contributed by atoms with Crippen LogP contribution in [-0.2, 0) is 6.54 Å². The second-order valence-electron chi connectivity index (χ2n) is 6.50. The van der Waals surface area contributed by atoms with Crippen molar-refractivity contribution in [2.45, 2.75) is 32.4 Å². The monoisotopic (exact) mass is 319 g/mol. The summed E-state index contributed by atoms with van der Waals surface area (Å²) in [4.78, 5) is 28.4. The molecule has 6 heteroatoms. The molecule has 120 valence electrons. The molecule has 0 saturated heterocycles. The van der Waals surface area contributed by atoms with Crippen molar-refractivity contribution < 1.29 is 4.79 Å². The van der Waals surface area contributed by atoms with Crippen LogP contribution in [0, 0.1) is 6.92 Å². The number of carbonyl (C=O) groups excluding carboxylic acids is 1. The summed E-state index contributed by atoms with van der Waals surface area (Å²) >= 11 is 0. The molecule has 2 aliphatic rings. The third-order valence-electron chi connectivity index (χ3n) is 4.91. The van der Waals surface area contributed by atoms with Gasteiger partial charge in [0.1, 0.15) is 11.5 Å². The van der Waals surface area contributed by atoms with Gasteiger partial charge < -0.3 is 9.47 Å². The molecule has 0 bridgehead atoms. The van der Waals surface area contributed by atoms with Crippen molar-refractivity contribution >= 4 is 16.9 Å². The lowest BCUT2D eigenvalue weighted by atomic mass is 10.1. The average Bonchev–Trinajstić information content (AvgIpc) is 3.38. The van der Waals surface area contributed by atoms with Crippen LogP contribution < -0.4 is 0 Å². The minimum Gasteiger partial charge on any atom is -0.333 e. The molecule has 1 saturated carbocycles. The van der Waals surface area contributed by atoms with E-state index in [0.717, 1.165) is 59.6 Å². The molecule has 1 aliphatic heterocycles. The number of pyridine rings is 1. The summed E-state index contributed by atoms with van der Waals surface area (Å²) < 4.78 is 2.11. The highest BCUT2D eigenvalue weighted by molar-refractivity contribution is 6.09. The Morgan fingerprint density at radius 2 is 1.92 bits per heavy atom. The van der Waals surface area contributed by atoms with Crippen molar-refractivity contribution in [2.24, 2.45) is 0 Å². The van der Waals surface area contributed by atoms with Gasteiger partial charge in [0.15, 0.2) is 0 Å². The van der Waals surface area contributed by atoms with Gasteiger partial charge in [-0.15, -0.1) is 0 Å². The summed E-state index contributed by atoms with van der Waals surface area (Å²) in [5, 5.41) is 0. The van der Waals surface area contributed by atoms with Crippen molar-refractivity contribution in [3.05, 3.63) is 42.2 Å². The minimum atomic E-state index is 0.109. The zero-order valence-electron chi connectivity index (χ0n) is 13.4. The van der Waals surface area contributed by atoms with Crippen LogP contribution in [0.15, 0.2) is 30.7 Å². The average molecular weight is 319 g/mol. The number of nitrogens with zero attached hydrogens (tertiary/aromatic N) is 5. The number of aryl methyl sites for hydroxylation is 1. The van der Waals surface area contributed by atoms with Crippen LogP contribution in [0.25, 0.3) is 22.2 Å². The number of hydrogen-bond acceptors (Lipinski definition) is 4. The first kappa shape index (κ1) is 13.7. The van der Waals surface area contributed by atoms with Gasteiger partial charge in [0.05, 0.1) is 11.0 Å². The standard InChI is InChI=1S/C18H17N5O/c1-11-20-9-12(10-21-11)15-16-14(3-2-6-19-16)23-8-7-22(13-4-5-13)18(24)17(15)23/h2-3,6,9-10,13H,4-5,7-8H2,1H3. The molecule has 6 nitrogen and oxygen atoms in total. The second-order valence-corrected chi connectivity index (χ2v) is 6.50. The topological polar surface area (TPSA) is 63.9 Å². The number of carbonyl (C=O) groups is 1. The Kier molecular flexibility index (Phi) is 2.77. The van der Waals surface area contributed by atoms with Gasteiger partial charge in [-0.3, -0.25) is 9.78 Å². The van der Waals surface area contributed by atoms with Crippen LogP contribution in [0.4, 0.5) is 0 Å². The zero-order chi connectivity index (χ0) is 16.3. The molecule has 0 atom stereocenters. The SMILES string of the molecule is Cc1ncc(-c2c3n(c4cccnc24)CCN(C2CC2)C3=O)cn1. The van der Waals surface area contributed by atoms with E-state index in [4.69, 9.17) is 0 Å². The number of amides is 1. The second kappa shape index (κ2) is 4.87. The number of fused-ring (bicyclic) bond motifs is 3. The Morgan fingerprint density at radius 3 is 2.67 bits per heavy atom. The summed E-state index contributed by atoms with van der Waals surface area (Å²) in [7, 11) is 0. The van der Waals surface area contributed by atoms with E-state index in [1.807, 2.05) is 24.0 Å². The largest absolute Gasteiger partial charge is 0.333 e. The van der Waals surface area contributed by atoms with Gasteiger partial charge in [0.2, 0.25) is 0 Å². The molecule has 3 aromatic heterocycles. The fourth-order valence-electron chi connectivity index (χ4n) is 3.60. The van der Waals surface area contributed by atoms with Crippen LogP contribution in [0.5, 0.6) is 0 Å². The third kappa shape index (κ3) is 1.89. The fourth-order valence-corrected chi connectivity index (χ4v) is 3.60. The van der Waals surface area contributed by atoms with Crippen LogP contribution in [0.1, 0.15) is 29.2 Å². The van der Waals surface area contributed by atoms with Crippen molar-refractivity contribution in [2.75, 3.05) is 6.54 Å². The lowest BCUT2D eigenvalue weighted by molar-refractivity contribution is 0.0694. The molecule has 1 fully saturated rings. The summed E-state index contributed by atoms with van der Waals surface area (Å²) in [5.41, 5.74) is 4.30. The lowest BCUT2D eigenvalue weighted by Gasteiger charge is -2.29. The van der Waals surface area contributed by atoms with E-state index in [1.165, 1.54) is 0 Å². The Balaban J connectivity index is 1.79. The van der Waals surface area contributed by atoms with Crippen LogP contribution >= 0.6 is 0 Å². The number of rotatable bonds is 2. The summed E-state index contributed by atoms with van der Waals surface area (Å²) in [6.45, 7) is 3.45. The van der Waals surface area contributed by atoms with E-state index in [9.17, 15) is 4.79 Å². The quantitative estimate of drug-likeness (QED) is 0.728. The Hall–Kier alpha value is -2.76. The third-order valence-corrected chi connectivity index (χ3v) is 4.91. The number of aromatic nitrogens is 4. The maximum atomic E-state index is 13.2. The van der Waals surface area contributed by atoms with Gasteiger partial charge >= 0.3 is 0 Å². The fraction of sp³-hybridized carbons (Fsp3) is 0.333. The van der Waals surface area contributed by atoms with Gasteiger partial charge in [-0.25, -0.2) is 9.97 Å². The Bertz CT molecular complexity index is 955. The van der Waals surface area contributed by atoms with Gasteiger partial charge in [-0.05, 0) is 31.9 Å². The van der Waals surface area contributed by atoms with Crippen molar-refractivity contribution in [1.82, 2.24) is 24.4 Å². The van der Waals surface area contributed by atoms with Gasteiger partial charge in [-0.1, -0.05) is 0 Å². The van der Waals surface area contributed by atoms with E-state index in [-0.39, 0.29) is 5.91 Å². The molecule has 5 rings (SSSR count). The number of hydrogen-bond donors (Lipinski definition) is 0. The maximum Gasteiger partial charge on any atom is 0.271 e. The van der Waals surface area contributed by atoms with Crippen molar-refractivity contribution in [1.29, 1.82) is 0 Å². The van der Waals surface area contributed by atoms with Gasteiger partial charge in [0, 0.05) is 48.8 Å². The first-order valence-electron chi connectivity index (χ1n) is 8.31. The summed E-state index contributed by atoms with van der Waals surface area (Å²) in [6.07, 6.45) is 7.59. The molecule has 0 spiro atoms. The van der Waals surface area contributed by atoms with Gasteiger partial charge in [-0.2, -0.15) is 0 Å².